The number of carbonyl (C=O) groups is 4. The molecule has 1 aromatic carbocycles. The van der Waals surface area contributed by atoms with Crippen LogP contribution in [0.25, 0.3) is 0 Å². The Kier molecular flexibility index (Phi) is 11.4. The molecule has 1 heterocycles. The number of piperidine rings is 1. The van der Waals surface area contributed by atoms with Gasteiger partial charge in [0.2, 0.25) is 0 Å². The van der Waals surface area contributed by atoms with Crippen molar-refractivity contribution >= 4 is 23.6 Å². The Balaban J connectivity index is 1.91. The number of nitrogens with two attached hydrogens (primary N) is 1. The summed E-state index contributed by atoms with van der Waals surface area (Å²) in [5.74, 6) is -2.71. The third-order valence-electron chi connectivity index (χ3n) is 5.60. The van der Waals surface area contributed by atoms with Gasteiger partial charge in [0.25, 0.3) is 11.7 Å². The van der Waals surface area contributed by atoms with Gasteiger partial charge in [-0.1, -0.05) is 30.3 Å². The topological polar surface area (TPSA) is 134 Å². The predicted molar refractivity (Wildman–Crippen MR) is 140 cm³/mol. The van der Waals surface area contributed by atoms with Gasteiger partial charge in [0, 0.05) is 19.5 Å². The van der Waals surface area contributed by atoms with E-state index in [1.807, 2.05) is 6.07 Å². The third kappa shape index (κ3) is 11.3. The van der Waals surface area contributed by atoms with Crippen LogP contribution < -0.4 is 5.73 Å². The zero-order valence-corrected chi connectivity index (χ0v) is 23.4. The second-order valence-corrected chi connectivity index (χ2v) is 11.4. The summed E-state index contributed by atoms with van der Waals surface area (Å²) < 4.78 is 22.0. The minimum atomic E-state index is -1.26. The summed E-state index contributed by atoms with van der Waals surface area (Å²) in [6.45, 7) is 11.3. The van der Waals surface area contributed by atoms with Crippen LogP contribution in [-0.2, 0) is 44.7 Å². The summed E-state index contributed by atoms with van der Waals surface area (Å²) in [7, 11) is 0. The van der Waals surface area contributed by atoms with Crippen LogP contribution in [0.3, 0.4) is 0 Å². The normalized spacial score (nSPS) is 16.4. The number of amides is 1. The molecule has 1 fully saturated rings. The predicted octanol–water partition coefficient (Wildman–Crippen LogP) is 2.55. The van der Waals surface area contributed by atoms with Gasteiger partial charge in [-0.3, -0.25) is 9.59 Å². The average Bonchev–Trinajstić information content (AvgIpc) is 2.83. The number of ether oxygens (including phenoxy) is 4. The van der Waals surface area contributed by atoms with Crippen molar-refractivity contribution in [1.29, 1.82) is 0 Å². The van der Waals surface area contributed by atoms with Crippen LogP contribution in [0, 0.1) is 0 Å². The van der Waals surface area contributed by atoms with Gasteiger partial charge in [0.05, 0.1) is 17.7 Å². The molecule has 38 heavy (non-hydrogen) atoms. The summed E-state index contributed by atoms with van der Waals surface area (Å²) in [6, 6.07) is 7.71. The second-order valence-electron chi connectivity index (χ2n) is 11.4. The van der Waals surface area contributed by atoms with E-state index in [1.165, 1.54) is 0 Å². The van der Waals surface area contributed by atoms with Crippen molar-refractivity contribution in [2.45, 2.75) is 96.9 Å². The minimum Gasteiger partial charge on any atom is -0.458 e. The fraction of sp³-hybridized carbons (Fsp3) is 0.643. The number of Topliss-reactive ketones (excluding diaryl/α,β-unsaturated/α-hetero) is 1. The molecule has 0 saturated carbocycles. The number of hydrogen-bond acceptors (Lipinski definition) is 9. The van der Waals surface area contributed by atoms with Gasteiger partial charge in [-0.15, -0.1) is 0 Å². The SMILES string of the molecule is CC(C)(C)OC(=O)COC1CCN(C(=O)C(C[C@H](N)C(=O)C(=O)OCc2ccccc2)OC(C)(C)C)CC1. The molecule has 1 aliphatic heterocycles. The molecule has 0 bridgehead atoms. The number of hydrogen-bond donors (Lipinski definition) is 1. The van der Waals surface area contributed by atoms with Gasteiger partial charge in [-0.25, -0.2) is 9.59 Å². The molecule has 1 aliphatic rings. The van der Waals surface area contributed by atoms with Crippen LogP contribution in [0.2, 0.25) is 0 Å². The standard InChI is InChI=1S/C28H42N2O8/c1-27(2,3)37-22(16-21(29)24(32)26(34)36-17-19-10-8-7-9-11-19)25(33)30-14-12-20(13-15-30)35-18-23(31)38-28(4,5)6/h7-11,20-22H,12-18,29H2,1-6H3/t21-,22?/m0/s1. The molecule has 2 atom stereocenters. The monoisotopic (exact) mass is 534 g/mol. The van der Waals surface area contributed by atoms with E-state index in [0.717, 1.165) is 5.56 Å². The van der Waals surface area contributed by atoms with Crippen LogP contribution in [0.15, 0.2) is 30.3 Å². The van der Waals surface area contributed by atoms with Crippen LogP contribution in [0.5, 0.6) is 0 Å². The van der Waals surface area contributed by atoms with Crippen molar-refractivity contribution in [1.82, 2.24) is 4.90 Å². The zero-order valence-electron chi connectivity index (χ0n) is 23.4. The smallest absolute Gasteiger partial charge is 0.376 e. The molecule has 212 valence electrons. The van der Waals surface area contributed by atoms with Gasteiger partial charge in [0.15, 0.2) is 0 Å². The highest BCUT2D eigenvalue weighted by Gasteiger charge is 2.36. The molecule has 0 spiro atoms. The molecule has 2 rings (SSSR count). The highest BCUT2D eigenvalue weighted by molar-refractivity contribution is 6.35. The number of nitrogens with zero attached hydrogens (tertiary/aromatic N) is 1. The molecule has 10 heteroatoms. The summed E-state index contributed by atoms with van der Waals surface area (Å²) in [6.07, 6.45) is -0.294. The largest absolute Gasteiger partial charge is 0.458 e. The van der Waals surface area contributed by atoms with E-state index in [1.54, 1.807) is 70.7 Å². The molecule has 1 unspecified atom stereocenters. The fourth-order valence-corrected chi connectivity index (χ4v) is 3.91. The number of benzene rings is 1. The summed E-state index contributed by atoms with van der Waals surface area (Å²) in [4.78, 5) is 51.8. The van der Waals surface area contributed by atoms with Crippen molar-refractivity contribution in [2.24, 2.45) is 5.73 Å². The maximum absolute atomic E-state index is 13.3. The van der Waals surface area contributed by atoms with E-state index in [2.05, 4.69) is 0 Å². The Morgan fingerprint density at radius 3 is 2.13 bits per heavy atom. The Morgan fingerprint density at radius 2 is 1.58 bits per heavy atom. The van der Waals surface area contributed by atoms with E-state index in [-0.39, 0.29) is 31.6 Å². The first-order valence-corrected chi connectivity index (χ1v) is 12.9. The van der Waals surface area contributed by atoms with Crippen LogP contribution in [0.1, 0.15) is 66.4 Å². The molecule has 0 aromatic heterocycles. The zero-order chi connectivity index (χ0) is 28.5. The maximum Gasteiger partial charge on any atom is 0.376 e. The van der Waals surface area contributed by atoms with E-state index in [0.29, 0.717) is 25.9 Å². The number of rotatable bonds is 11. The molecule has 1 aromatic rings. The number of esters is 2. The lowest BCUT2D eigenvalue weighted by Crippen LogP contribution is -2.51. The van der Waals surface area contributed by atoms with Crippen molar-refractivity contribution in [3.8, 4) is 0 Å². The van der Waals surface area contributed by atoms with E-state index >= 15 is 0 Å². The van der Waals surface area contributed by atoms with E-state index < -0.39 is 41.1 Å². The van der Waals surface area contributed by atoms with Crippen molar-refractivity contribution in [2.75, 3.05) is 19.7 Å². The molecule has 0 aliphatic carbocycles. The van der Waals surface area contributed by atoms with Gasteiger partial charge >= 0.3 is 11.9 Å². The number of ketones is 1. The molecular weight excluding hydrogens is 492 g/mol. The van der Waals surface area contributed by atoms with Crippen LogP contribution >= 0.6 is 0 Å². The molecule has 0 radical (unpaired) electrons. The maximum atomic E-state index is 13.3. The average molecular weight is 535 g/mol. The lowest BCUT2D eigenvalue weighted by Gasteiger charge is -2.36. The summed E-state index contributed by atoms with van der Waals surface area (Å²) >= 11 is 0. The number of carbonyl (C=O) groups excluding carboxylic acids is 4. The van der Waals surface area contributed by atoms with Crippen LogP contribution in [0.4, 0.5) is 0 Å². The van der Waals surface area contributed by atoms with Gasteiger partial charge in [-0.2, -0.15) is 0 Å². The van der Waals surface area contributed by atoms with Gasteiger partial charge in [0.1, 0.15) is 24.9 Å². The molecule has 2 N–H and O–H groups in total. The Morgan fingerprint density at radius 1 is 0.974 bits per heavy atom. The summed E-state index contributed by atoms with van der Waals surface area (Å²) in [5, 5.41) is 0. The van der Waals surface area contributed by atoms with E-state index in [4.69, 9.17) is 24.7 Å². The Labute approximate surface area is 225 Å². The molecule has 10 nitrogen and oxygen atoms in total. The lowest BCUT2D eigenvalue weighted by molar-refractivity contribution is -0.165. The minimum absolute atomic E-state index is 0.0517. The van der Waals surface area contributed by atoms with Crippen LogP contribution in [-0.4, -0.2) is 77.7 Å². The summed E-state index contributed by atoms with van der Waals surface area (Å²) in [5.41, 5.74) is 5.51. The highest BCUT2D eigenvalue weighted by Crippen LogP contribution is 2.21. The van der Waals surface area contributed by atoms with Crippen molar-refractivity contribution in [3.05, 3.63) is 35.9 Å². The highest BCUT2D eigenvalue weighted by atomic mass is 16.6. The second kappa shape index (κ2) is 13.8. The Bertz CT molecular complexity index is 944. The molecular formula is C28H42N2O8. The van der Waals surface area contributed by atoms with Crippen molar-refractivity contribution in [3.63, 3.8) is 0 Å². The Hall–Kier alpha value is -2.82. The quantitative estimate of drug-likeness (QED) is 0.336. The first-order valence-electron chi connectivity index (χ1n) is 12.9. The lowest BCUT2D eigenvalue weighted by atomic mass is 10.0. The third-order valence-corrected chi connectivity index (χ3v) is 5.60. The molecule has 1 saturated heterocycles. The first kappa shape index (κ1) is 31.4. The number of likely N-dealkylation sites (tertiary alicyclic amines) is 1. The van der Waals surface area contributed by atoms with Gasteiger partial charge < -0.3 is 29.6 Å². The fourth-order valence-electron chi connectivity index (χ4n) is 3.91. The van der Waals surface area contributed by atoms with E-state index in [9.17, 15) is 19.2 Å². The molecule has 1 amide bonds. The van der Waals surface area contributed by atoms with Crippen molar-refractivity contribution < 1.29 is 38.1 Å². The first-order chi connectivity index (χ1) is 17.6. The van der Waals surface area contributed by atoms with Gasteiger partial charge in [-0.05, 0) is 59.9 Å².